The fourth-order valence-corrected chi connectivity index (χ4v) is 3.98. The van der Waals surface area contributed by atoms with Crippen LogP contribution < -0.4 is 10.2 Å². The molecule has 2 N–H and O–H groups in total. The van der Waals surface area contributed by atoms with E-state index in [-0.39, 0.29) is 29.7 Å². The normalized spacial score (nSPS) is 24.9. The predicted molar refractivity (Wildman–Crippen MR) is 106 cm³/mol. The number of halogens is 2. The molecule has 0 saturated carbocycles. The number of aromatic hydroxyl groups is 1. The van der Waals surface area contributed by atoms with Crippen LogP contribution in [0.3, 0.4) is 0 Å². The minimum absolute atomic E-state index is 0.0869. The number of fused-ring (bicyclic) bond motifs is 2. The summed E-state index contributed by atoms with van der Waals surface area (Å²) in [4.78, 5) is 6.06. The molecule has 8 nitrogen and oxygen atoms in total. The van der Waals surface area contributed by atoms with E-state index in [0.717, 1.165) is 6.20 Å². The van der Waals surface area contributed by atoms with Gasteiger partial charge in [-0.3, -0.25) is 0 Å². The highest BCUT2D eigenvalue weighted by atomic mass is 19.1. The van der Waals surface area contributed by atoms with Crippen molar-refractivity contribution in [3.63, 3.8) is 0 Å². The molecule has 1 fully saturated rings. The summed E-state index contributed by atoms with van der Waals surface area (Å²) < 4.78 is 29.2. The lowest BCUT2D eigenvalue weighted by molar-refractivity contribution is 0.187. The van der Waals surface area contributed by atoms with Crippen LogP contribution >= 0.6 is 0 Å². The van der Waals surface area contributed by atoms with Gasteiger partial charge in [0.05, 0.1) is 41.9 Å². The molecule has 0 radical (unpaired) electrons. The third kappa shape index (κ3) is 3.18. The first-order valence-electron chi connectivity index (χ1n) is 9.54. The smallest absolute Gasteiger partial charge is 0.185 e. The van der Waals surface area contributed by atoms with E-state index in [1.165, 1.54) is 23.1 Å². The Morgan fingerprint density at radius 3 is 2.80 bits per heavy atom. The number of benzene rings is 1. The van der Waals surface area contributed by atoms with E-state index in [0.29, 0.717) is 23.5 Å². The number of nitrogens with zero attached hydrogens (tertiary/aromatic N) is 6. The zero-order valence-electron chi connectivity index (χ0n) is 16.0. The maximum Gasteiger partial charge on any atom is 0.185 e. The van der Waals surface area contributed by atoms with Crippen LogP contribution in [0.25, 0.3) is 17.1 Å². The molecule has 154 valence electrons. The molecule has 3 aromatic rings. The molecule has 0 spiro atoms. The average Bonchev–Trinajstić information content (AvgIpc) is 3.37. The van der Waals surface area contributed by atoms with Crippen molar-refractivity contribution in [2.75, 3.05) is 11.9 Å². The van der Waals surface area contributed by atoms with Gasteiger partial charge in [-0.1, -0.05) is 12.2 Å². The molecule has 10 heteroatoms. The van der Waals surface area contributed by atoms with Gasteiger partial charge >= 0.3 is 0 Å². The summed E-state index contributed by atoms with van der Waals surface area (Å²) in [5.41, 5.74) is 0.869. The molecule has 1 aromatic carbocycles. The molecular formula is C20H19F2N7O. The molecule has 2 aliphatic heterocycles. The summed E-state index contributed by atoms with van der Waals surface area (Å²) in [5.74, 6) is 0.123. The monoisotopic (exact) mass is 411 g/mol. The number of rotatable bonds is 4. The van der Waals surface area contributed by atoms with Crippen LogP contribution in [0.5, 0.6) is 5.75 Å². The number of piperidine rings is 1. The van der Waals surface area contributed by atoms with Crippen molar-refractivity contribution in [3.05, 3.63) is 54.8 Å². The first-order valence-corrected chi connectivity index (χ1v) is 9.54. The topological polar surface area (TPSA) is 92.0 Å². The van der Waals surface area contributed by atoms with E-state index < -0.39 is 12.0 Å². The molecule has 2 aromatic heterocycles. The molecule has 2 unspecified atom stereocenters. The van der Waals surface area contributed by atoms with Gasteiger partial charge in [0.15, 0.2) is 17.5 Å². The van der Waals surface area contributed by atoms with Crippen molar-refractivity contribution in [1.82, 2.24) is 30.3 Å². The van der Waals surface area contributed by atoms with Gasteiger partial charge in [-0.05, 0) is 18.6 Å². The number of phenols is 1. The number of aromatic nitrogens is 5. The summed E-state index contributed by atoms with van der Waals surface area (Å²) in [6, 6.07) is 4.26. The third-order valence-electron chi connectivity index (χ3n) is 5.61. The number of anilines is 1. The zero-order valence-corrected chi connectivity index (χ0v) is 16.0. The largest absolute Gasteiger partial charge is 0.507 e. The highest BCUT2D eigenvalue weighted by molar-refractivity contribution is 5.66. The van der Waals surface area contributed by atoms with Gasteiger partial charge in [0.1, 0.15) is 11.9 Å². The van der Waals surface area contributed by atoms with Gasteiger partial charge in [-0.2, -0.15) is 5.10 Å². The Hall–Kier alpha value is -3.40. The van der Waals surface area contributed by atoms with Gasteiger partial charge < -0.3 is 15.3 Å². The van der Waals surface area contributed by atoms with E-state index in [4.69, 9.17) is 0 Å². The molecule has 4 atom stereocenters. The minimum Gasteiger partial charge on any atom is -0.507 e. The number of phenolic OH excluding ortho intramolecular Hbond substituents is 1. The van der Waals surface area contributed by atoms with Gasteiger partial charge in [0.2, 0.25) is 0 Å². The van der Waals surface area contributed by atoms with Crippen LogP contribution in [0.1, 0.15) is 6.42 Å². The Labute approximate surface area is 170 Å². The van der Waals surface area contributed by atoms with E-state index >= 15 is 0 Å². The molecular weight excluding hydrogens is 392 g/mol. The van der Waals surface area contributed by atoms with Crippen LogP contribution in [0, 0.1) is 5.82 Å². The van der Waals surface area contributed by atoms with Crippen molar-refractivity contribution >= 4 is 5.82 Å². The second-order valence-electron chi connectivity index (χ2n) is 7.49. The van der Waals surface area contributed by atoms with E-state index in [2.05, 4.69) is 25.6 Å². The van der Waals surface area contributed by atoms with Gasteiger partial charge in [-0.25, -0.2) is 18.4 Å². The van der Waals surface area contributed by atoms with Gasteiger partial charge in [0.25, 0.3) is 0 Å². The lowest BCUT2D eigenvalue weighted by Crippen LogP contribution is -2.56. The molecule has 4 heterocycles. The van der Waals surface area contributed by atoms with Gasteiger partial charge in [0, 0.05) is 19.2 Å². The Balaban J connectivity index is 1.36. The maximum absolute atomic E-state index is 14.8. The molecule has 0 aliphatic carbocycles. The summed E-state index contributed by atoms with van der Waals surface area (Å²) in [5, 5.41) is 25.8. The Morgan fingerprint density at radius 2 is 2.10 bits per heavy atom. The summed E-state index contributed by atoms with van der Waals surface area (Å²) >= 11 is 0. The average molecular weight is 411 g/mol. The van der Waals surface area contributed by atoms with E-state index in [1.807, 2.05) is 12.2 Å². The summed E-state index contributed by atoms with van der Waals surface area (Å²) in [7, 11) is 1.78. The van der Waals surface area contributed by atoms with Crippen LogP contribution in [0.4, 0.5) is 14.6 Å². The second kappa shape index (κ2) is 7.13. The number of hydrogen-bond acceptors (Lipinski definition) is 7. The Morgan fingerprint density at radius 1 is 1.23 bits per heavy atom. The Kier molecular flexibility index (Phi) is 4.43. The van der Waals surface area contributed by atoms with E-state index in [9.17, 15) is 13.9 Å². The summed E-state index contributed by atoms with van der Waals surface area (Å²) in [6.07, 6.45) is 7.25. The van der Waals surface area contributed by atoms with Crippen molar-refractivity contribution in [1.29, 1.82) is 0 Å². The van der Waals surface area contributed by atoms with Crippen LogP contribution in [0.15, 0.2) is 48.9 Å². The fraction of sp³-hybridized carbons (Fsp3) is 0.300. The number of nitrogens with one attached hydrogen (secondary N) is 1. The maximum atomic E-state index is 14.8. The molecule has 5 rings (SSSR count). The third-order valence-corrected chi connectivity index (χ3v) is 5.61. The summed E-state index contributed by atoms with van der Waals surface area (Å²) in [6.45, 7) is 0. The van der Waals surface area contributed by atoms with Gasteiger partial charge in [-0.15, -0.1) is 10.2 Å². The Bertz CT molecular complexity index is 1100. The SMILES string of the molecule is CN(c1cnc(-c2ccc(-n3cc(F)cn3)cc2O)nn1)[C@H]1CC2C=CC(N2)[C@H]1F. The quantitative estimate of drug-likeness (QED) is 0.635. The highest BCUT2D eigenvalue weighted by Crippen LogP contribution is 2.31. The second-order valence-corrected chi connectivity index (χ2v) is 7.49. The molecule has 30 heavy (non-hydrogen) atoms. The van der Waals surface area contributed by atoms with Crippen molar-refractivity contribution < 1.29 is 13.9 Å². The lowest BCUT2D eigenvalue weighted by atomic mass is 9.96. The standard InChI is InChI=1S/C20H19F2N7O/c1-28(16-6-12-2-5-15(25-12)19(16)22)18-9-23-20(27-26-18)14-4-3-13(7-17(14)30)29-10-11(21)8-24-29/h2-5,7-10,12,15-16,19,25,30H,6H2,1H3/t12?,15?,16-,19+/m0/s1. The predicted octanol–water partition coefficient (Wildman–Crippen LogP) is 2.01. The van der Waals surface area contributed by atoms with Crippen molar-refractivity contribution in [2.24, 2.45) is 0 Å². The van der Waals surface area contributed by atoms with Crippen molar-refractivity contribution in [2.45, 2.75) is 30.7 Å². The first-order chi connectivity index (χ1) is 14.5. The van der Waals surface area contributed by atoms with Crippen molar-refractivity contribution in [3.8, 4) is 22.8 Å². The number of hydrogen-bond donors (Lipinski definition) is 2. The molecule has 1 saturated heterocycles. The minimum atomic E-state index is -1.06. The first kappa shape index (κ1) is 18.6. The van der Waals surface area contributed by atoms with Crippen LogP contribution in [0.2, 0.25) is 0 Å². The zero-order chi connectivity index (χ0) is 20.8. The lowest BCUT2D eigenvalue weighted by Gasteiger charge is -2.38. The van der Waals surface area contributed by atoms with E-state index in [1.54, 1.807) is 24.1 Å². The van der Waals surface area contributed by atoms with Crippen LogP contribution in [-0.4, -0.2) is 61.4 Å². The van der Waals surface area contributed by atoms with Crippen LogP contribution in [-0.2, 0) is 0 Å². The molecule has 2 aliphatic rings. The fourth-order valence-electron chi connectivity index (χ4n) is 3.98. The number of alkyl halides is 1. The molecule has 0 amide bonds. The highest BCUT2D eigenvalue weighted by Gasteiger charge is 2.41. The molecule has 2 bridgehead atoms.